The number of hydrogen-bond donors (Lipinski definition) is 1. The topological polar surface area (TPSA) is 107 Å². The highest BCUT2D eigenvalue weighted by atomic mass is 16.6. The third kappa shape index (κ3) is 4.34. The molecule has 0 radical (unpaired) electrons. The summed E-state index contributed by atoms with van der Waals surface area (Å²) in [7, 11) is 0. The van der Waals surface area contributed by atoms with E-state index in [4.69, 9.17) is 4.74 Å². The summed E-state index contributed by atoms with van der Waals surface area (Å²) in [4.78, 5) is 26.1. The minimum Gasteiger partial charge on any atom is -0.487 e. The van der Waals surface area contributed by atoms with Gasteiger partial charge in [0.15, 0.2) is 5.75 Å². The van der Waals surface area contributed by atoms with Crippen LogP contribution in [0.15, 0.2) is 47.8 Å². The van der Waals surface area contributed by atoms with Gasteiger partial charge in [0.1, 0.15) is 0 Å². The Morgan fingerprint density at radius 1 is 1.48 bits per heavy atom. The van der Waals surface area contributed by atoms with Gasteiger partial charge in [-0.05, 0) is 31.2 Å². The van der Waals surface area contributed by atoms with E-state index in [9.17, 15) is 14.9 Å². The standard InChI is InChI=1S/C15H14N4O4/c1-2-23-14-6-5-11(8-13(14)19(21)22)9-17-18-15(20)12-4-3-7-16-10-12/h3-10H,2H2,1H3,(H,18,20)/b17-9-. The summed E-state index contributed by atoms with van der Waals surface area (Å²) in [5, 5.41) is 14.8. The van der Waals surface area contributed by atoms with Crippen molar-refractivity contribution in [3.8, 4) is 5.75 Å². The first-order valence-electron chi connectivity index (χ1n) is 6.76. The molecule has 1 N–H and O–H groups in total. The van der Waals surface area contributed by atoms with Crippen molar-refractivity contribution in [1.82, 2.24) is 10.4 Å². The summed E-state index contributed by atoms with van der Waals surface area (Å²) in [5.74, 6) is -0.233. The number of ether oxygens (including phenoxy) is 1. The molecule has 0 spiro atoms. The number of aromatic nitrogens is 1. The second-order valence-electron chi connectivity index (χ2n) is 4.36. The quantitative estimate of drug-likeness (QED) is 0.499. The number of rotatable bonds is 6. The van der Waals surface area contributed by atoms with Gasteiger partial charge in [-0.3, -0.25) is 19.9 Å². The van der Waals surface area contributed by atoms with E-state index in [1.807, 2.05) is 0 Å². The predicted octanol–water partition coefficient (Wildman–Crippen LogP) is 2.15. The van der Waals surface area contributed by atoms with Crippen LogP contribution in [-0.4, -0.2) is 28.6 Å². The lowest BCUT2D eigenvalue weighted by molar-refractivity contribution is -0.385. The molecule has 118 valence electrons. The van der Waals surface area contributed by atoms with E-state index < -0.39 is 10.8 Å². The molecular formula is C15H14N4O4. The first kappa shape index (κ1) is 16.1. The average Bonchev–Trinajstić information content (AvgIpc) is 2.57. The average molecular weight is 314 g/mol. The highest BCUT2D eigenvalue weighted by molar-refractivity contribution is 5.94. The van der Waals surface area contributed by atoms with Crippen LogP contribution in [0.3, 0.4) is 0 Å². The fraction of sp³-hybridized carbons (Fsp3) is 0.133. The van der Waals surface area contributed by atoms with Gasteiger partial charge in [-0.2, -0.15) is 5.10 Å². The second-order valence-corrected chi connectivity index (χ2v) is 4.36. The van der Waals surface area contributed by atoms with Crippen molar-refractivity contribution in [2.24, 2.45) is 5.10 Å². The van der Waals surface area contributed by atoms with E-state index >= 15 is 0 Å². The minimum atomic E-state index is -0.531. The number of hydrogen-bond acceptors (Lipinski definition) is 6. The first-order chi connectivity index (χ1) is 11.1. The van der Waals surface area contributed by atoms with Gasteiger partial charge in [0.25, 0.3) is 5.91 Å². The lowest BCUT2D eigenvalue weighted by Crippen LogP contribution is -2.17. The molecule has 8 nitrogen and oxygen atoms in total. The van der Waals surface area contributed by atoms with Gasteiger partial charge in [0, 0.05) is 24.0 Å². The van der Waals surface area contributed by atoms with Crippen LogP contribution in [-0.2, 0) is 0 Å². The van der Waals surface area contributed by atoms with Crippen LogP contribution in [0.4, 0.5) is 5.69 Å². The van der Waals surface area contributed by atoms with Crippen molar-refractivity contribution in [2.45, 2.75) is 6.92 Å². The normalized spacial score (nSPS) is 10.5. The molecule has 0 aliphatic rings. The Kier molecular flexibility index (Phi) is 5.35. The zero-order valence-corrected chi connectivity index (χ0v) is 12.3. The smallest absolute Gasteiger partial charge is 0.311 e. The molecule has 1 heterocycles. The van der Waals surface area contributed by atoms with Crippen molar-refractivity contribution in [3.63, 3.8) is 0 Å². The summed E-state index contributed by atoms with van der Waals surface area (Å²) < 4.78 is 5.19. The molecule has 23 heavy (non-hydrogen) atoms. The Morgan fingerprint density at radius 2 is 2.30 bits per heavy atom. The molecule has 8 heteroatoms. The summed E-state index contributed by atoms with van der Waals surface area (Å²) in [6, 6.07) is 7.66. The SMILES string of the molecule is CCOc1ccc(/C=N\NC(=O)c2cccnc2)cc1[N+](=O)[O-]. The van der Waals surface area contributed by atoms with Crippen molar-refractivity contribution in [1.29, 1.82) is 0 Å². The molecule has 0 saturated carbocycles. The van der Waals surface area contributed by atoms with E-state index in [0.717, 1.165) is 0 Å². The summed E-state index contributed by atoms with van der Waals surface area (Å²) >= 11 is 0. The molecule has 0 aliphatic heterocycles. The molecule has 1 amide bonds. The maximum Gasteiger partial charge on any atom is 0.311 e. The van der Waals surface area contributed by atoms with Gasteiger partial charge in [-0.15, -0.1) is 0 Å². The van der Waals surface area contributed by atoms with Crippen molar-refractivity contribution < 1.29 is 14.5 Å². The van der Waals surface area contributed by atoms with Gasteiger partial charge in [-0.25, -0.2) is 5.43 Å². The van der Waals surface area contributed by atoms with E-state index in [2.05, 4.69) is 15.5 Å². The number of nitrogens with one attached hydrogen (secondary N) is 1. The molecule has 0 atom stereocenters. The van der Waals surface area contributed by atoms with Crippen molar-refractivity contribution >= 4 is 17.8 Å². The summed E-state index contributed by atoms with van der Waals surface area (Å²) in [5.41, 5.74) is 3.00. The van der Waals surface area contributed by atoms with Gasteiger partial charge in [0.2, 0.25) is 0 Å². The van der Waals surface area contributed by atoms with E-state index in [1.54, 1.807) is 31.3 Å². The lowest BCUT2D eigenvalue weighted by Gasteiger charge is -2.04. The van der Waals surface area contributed by atoms with Crippen LogP contribution in [0.5, 0.6) is 5.75 Å². The molecule has 0 unspecified atom stereocenters. The Labute approximate surface area is 132 Å². The molecule has 2 aromatic rings. The number of carbonyl (C=O) groups excluding carboxylic acids is 1. The van der Waals surface area contributed by atoms with Gasteiger partial charge >= 0.3 is 5.69 Å². The fourth-order valence-electron chi connectivity index (χ4n) is 1.76. The summed E-state index contributed by atoms with van der Waals surface area (Å²) in [6.45, 7) is 2.07. The predicted molar refractivity (Wildman–Crippen MR) is 83.6 cm³/mol. The van der Waals surface area contributed by atoms with Crippen LogP contribution in [0.2, 0.25) is 0 Å². The highest BCUT2D eigenvalue weighted by Crippen LogP contribution is 2.27. The van der Waals surface area contributed by atoms with Gasteiger partial charge < -0.3 is 4.74 Å². The molecule has 1 aromatic carbocycles. The molecule has 0 aliphatic carbocycles. The molecule has 2 rings (SSSR count). The monoisotopic (exact) mass is 314 g/mol. The lowest BCUT2D eigenvalue weighted by atomic mass is 10.2. The molecular weight excluding hydrogens is 300 g/mol. The number of benzene rings is 1. The maximum absolute atomic E-state index is 11.8. The number of nitrogens with zero attached hydrogens (tertiary/aromatic N) is 3. The van der Waals surface area contributed by atoms with E-state index in [-0.39, 0.29) is 11.4 Å². The third-order valence-electron chi connectivity index (χ3n) is 2.78. The van der Waals surface area contributed by atoms with Crippen LogP contribution in [0, 0.1) is 10.1 Å². The van der Waals surface area contributed by atoms with Crippen molar-refractivity contribution in [2.75, 3.05) is 6.61 Å². The largest absolute Gasteiger partial charge is 0.487 e. The number of carbonyl (C=O) groups is 1. The van der Waals surface area contributed by atoms with Crippen LogP contribution < -0.4 is 10.2 Å². The Hall–Kier alpha value is -3.29. The van der Waals surface area contributed by atoms with Crippen LogP contribution in [0.25, 0.3) is 0 Å². The number of nitro groups is 1. The Bertz CT molecular complexity index is 732. The number of amides is 1. The van der Waals surface area contributed by atoms with Crippen LogP contribution >= 0.6 is 0 Å². The first-order valence-corrected chi connectivity index (χ1v) is 6.76. The van der Waals surface area contributed by atoms with Crippen LogP contribution in [0.1, 0.15) is 22.8 Å². The third-order valence-corrected chi connectivity index (χ3v) is 2.78. The maximum atomic E-state index is 11.8. The Morgan fingerprint density at radius 3 is 2.96 bits per heavy atom. The molecule has 0 fully saturated rings. The number of pyridine rings is 1. The molecule has 0 saturated heterocycles. The second kappa shape index (κ2) is 7.64. The zero-order valence-electron chi connectivity index (χ0n) is 12.3. The Balaban J connectivity index is 2.09. The van der Waals surface area contributed by atoms with Crippen molar-refractivity contribution in [3.05, 3.63) is 64.0 Å². The highest BCUT2D eigenvalue weighted by Gasteiger charge is 2.15. The minimum absolute atomic E-state index is 0.158. The zero-order chi connectivity index (χ0) is 16.7. The fourth-order valence-corrected chi connectivity index (χ4v) is 1.76. The van der Waals surface area contributed by atoms with E-state index in [1.165, 1.54) is 24.5 Å². The number of nitro benzene ring substituents is 1. The molecule has 0 bridgehead atoms. The molecule has 1 aromatic heterocycles. The summed E-state index contributed by atoms with van der Waals surface area (Å²) in [6.07, 6.45) is 4.28. The van der Waals surface area contributed by atoms with Gasteiger partial charge in [-0.1, -0.05) is 0 Å². The van der Waals surface area contributed by atoms with Gasteiger partial charge in [0.05, 0.1) is 23.3 Å². The number of hydrazone groups is 1. The van der Waals surface area contributed by atoms with E-state index in [0.29, 0.717) is 17.7 Å².